The van der Waals surface area contributed by atoms with Gasteiger partial charge in [0.2, 0.25) is 5.91 Å². The molecule has 0 aromatic heterocycles. The number of aryl methyl sites for hydroxylation is 1. The Labute approximate surface area is 123 Å². The summed E-state index contributed by atoms with van der Waals surface area (Å²) in [6, 6.07) is 13.6. The molecule has 21 heavy (non-hydrogen) atoms. The summed E-state index contributed by atoms with van der Waals surface area (Å²) >= 11 is 0. The van der Waals surface area contributed by atoms with Crippen LogP contribution in [0, 0.1) is 5.82 Å². The standard InChI is InChI=1S/C17H18FNO2/c18-16-8-5-13(6-9-16)7-10-17(21)19-11-14-1-3-15(12-20)4-2-14/h1-6,8-9,20H,7,10-12H2,(H,19,21). The number of rotatable bonds is 6. The molecule has 110 valence electrons. The van der Waals surface area contributed by atoms with Crippen LogP contribution in [0.2, 0.25) is 0 Å². The average Bonchev–Trinajstić information content (AvgIpc) is 2.53. The Hall–Kier alpha value is -2.20. The highest BCUT2D eigenvalue weighted by Gasteiger charge is 2.03. The largest absolute Gasteiger partial charge is 0.392 e. The van der Waals surface area contributed by atoms with Crippen molar-refractivity contribution in [3.63, 3.8) is 0 Å². The first-order valence-corrected chi connectivity index (χ1v) is 6.87. The third-order valence-electron chi connectivity index (χ3n) is 3.25. The van der Waals surface area contributed by atoms with Crippen molar-refractivity contribution in [2.24, 2.45) is 0 Å². The van der Waals surface area contributed by atoms with Crippen molar-refractivity contribution in [1.82, 2.24) is 5.32 Å². The highest BCUT2D eigenvalue weighted by Crippen LogP contribution is 2.06. The third kappa shape index (κ3) is 5.00. The minimum absolute atomic E-state index is 0.0182. The Morgan fingerprint density at radius 3 is 2.14 bits per heavy atom. The maximum atomic E-state index is 12.8. The molecule has 1 amide bonds. The normalized spacial score (nSPS) is 10.4. The van der Waals surface area contributed by atoms with E-state index in [1.807, 2.05) is 24.3 Å². The summed E-state index contributed by atoms with van der Waals surface area (Å²) < 4.78 is 12.8. The number of amides is 1. The second-order valence-electron chi connectivity index (χ2n) is 4.88. The topological polar surface area (TPSA) is 49.3 Å². The molecule has 2 N–H and O–H groups in total. The lowest BCUT2D eigenvalue weighted by molar-refractivity contribution is -0.121. The Balaban J connectivity index is 1.75. The fraction of sp³-hybridized carbons (Fsp3) is 0.235. The molecule has 0 aliphatic rings. The zero-order valence-corrected chi connectivity index (χ0v) is 11.7. The molecule has 0 aliphatic carbocycles. The number of hydrogen-bond acceptors (Lipinski definition) is 2. The summed E-state index contributed by atoms with van der Waals surface area (Å²) in [6.45, 7) is 0.484. The van der Waals surface area contributed by atoms with Crippen LogP contribution in [0.1, 0.15) is 23.1 Å². The smallest absolute Gasteiger partial charge is 0.220 e. The second-order valence-corrected chi connectivity index (χ2v) is 4.88. The minimum Gasteiger partial charge on any atom is -0.392 e. The molecule has 0 heterocycles. The van der Waals surface area contributed by atoms with E-state index in [4.69, 9.17) is 5.11 Å². The predicted octanol–water partition coefficient (Wildman–Crippen LogP) is 2.57. The van der Waals surface area contributed by atoms with Crippen molar-refractivity contribution < 1.29 is 14.3 Å². The van der Waals surface area contributed by atoms with Gasteiger partial charge < -0.3 is 10.4 Å². The second kappa shape index (κ2) is 7.55. The summed E-state index contributed by atoms with van der Waals surface area (Å²) in [5.74, 6) is -0.305. The SMILES string of the molecule is O=C(CCc1ccc(F)cc1)NCc1ccc(CO)cc1. The van der Waals surface area contributed by atoms with Crippen LogP contribution in [0.5, 0.6) is 0 Å². The average molecular weight is 287 g/mol. The first-order valence-electron chi connectivity index (χ1n) is 6.87. The summed E-state index contributed by atoms with van der Waals surface area (Å²) in [5.41, 5.74) is 2.78. The van der Waals surface area contributed by atoms with Gasteiger partial charge in [0.05, 0.1) is 6.61 Å². The van der Waals surface area contributed by atoms with Crippen LogP contribution in [0.25, 0.3) is 0 Å². The van der Waals surface area contributed by atoms with Crippen LogP contribution in [-0.2, 0) is 24.4 Å². The molecule has 0 bridgehead atoms. The van der Waals surface area contributed by atoms with Gasteiger partial charge in [0.1, 0.15) is 5.82 Å². The number of aliphatic hydroxyl groups is 1. The van der Waals surface area contributed by atoms with Gasteiger partial charge in [0, 0.05) is 13.0 Å². The molecule has 2 aromatic rings. The molecule has 0 saturated heterocycles. The van der Waals surface area contributed by atoms with E-state index in [0.29, 0.717) is 19.4 Å². The zero-order valence-electron chi connectivity index (χ0n) is 11.7. The summed E-state index contributed by atoms with van der Waals surface area (Å²) in [5, 5.41) is 11.8. The van der Waals surface area contributed by atoms with E-state index in [9.17, 15) is 9.18 Å². The highest BCUT2D eigenvalue weighted by atomic mass is 19.1. The van der Waals surface area contributed by atoms with Crippen molar-refractivity contribution in [1.29, 1.82) is 0 Å². The summed E-state index contributed by atoms with van der Waals surface area (Å²) in [4.78, 5) is 11.8. The lowest BCUT2D eigenvalue weighted by atomic mass is 10.1. The van der Waals surface area contributed by atoms with Gasteiger partial charge in [-0.3, -0.25) is 4.79 Å². The van der Waals surface area contributed by atoms with E-state index < -0.39 is 0 Å². The van der Waals surface area contributed by atoms with Crippen molar-refractivity contribution in [2.45, 2.75) is 26.0 Å². The van der Waals surface area contributed by atoms with E-state index in [1.54, 1.807) is 12.1 Å². The Kier molecular flexibility index (Phi) is 5.46. The third-order valence-corrected chi connectivity index (χ3v) is 3.25. The van der Waals surface area contributed by atoms with Crippen molar-refractivity contribution >= 4 is 5.91 Å². The van der Waals surface area contributed by atoms with Crippen LogP contribution in [0.4, 0.5) is 4.39 Å². The lowest BCUT2D eigenvalue weighted by Gasteiger charge is -2.06. The van der Waals surface area contributed by atoms with Crippen LogP contribution >= 0.6 is 0 Å². The molecule has 2 aromatic carbocycles. The minimum atomic E-state index is -0.269. The summed E-state index contributed by atoms with van der Waals surface area (Å²) in [6.07, 6.45) is 0.968. The first-order chi connectivity index (χ1) is 10.2. The van der Waals surface area contributed by atoms with E-state index in [0.717, 1.165) is 16.7 Å². The quantitative estimate of drug-likeness (QED) is 0.858. The van der Waals surface area contributed by atoms with E-state index in [-0.39, 0.29) is 18.3 Å². The number of halogens is 1. The van der Waals surface area contributed by atoms with Gasteiger partial charge in [-0.2, -0.15) is 0 Å². The van der Waals surface area contributed by atoms with Gasteiger partial charge in [-0.25, -0.2) is 4.39 Å². The van der Waals surface area contributed by atoms with Gasteiger partial charge in [0.15, 0.2) is 0 Å². The van der Waals surface area contributed by atoms with Crippen molar-refractivity contribution in [2.75, 3.05) is 0 Å². The van der Waals surface area contributed by atoms with Crippen LogP contribution in [0.3, 0.4) is 0 Å². The fourth-order valence-corrected chi connectivity index (χ4v) is 1.96. The molecular weight excluding hydrogens is 269 g/mol. The van der Waals surface area contributed by atoms with Gasteiger partial charge in [-0.05, 0) is 35.2 Å². The Bertz CT molecular complexity index is 579. The molecule has 0 unspecified atom stereocenters. The van der Waals surface area contributed by atoms with E-state index >= 15 is 0 Å². The maximum Gasteiger partial charge on any atom is 0.220 e. The van der Waals surface area contributed by atoms with Gasteiger partial charge >= 0.3 is 0 Å². The Morgan fingerprint density at radius 2 is 1.52 bits per heavy atom. The molecule has 2 rings (SSSR count). The lowest BCUT2D eigenvalue weighted by Crippen LogP contribution is -2.22. The van der Waals surface area contributed by atoms with Crippen LogP contribution in [-0.4, -0.2) is 11.0 Å². The van der Waals surface area contributed by atoms with Gasteiger partial charge in [0.25, 0.3) is 0 Å². The van der Waals surface area contributed by atoms with E-state index in [2.05, 4.69) is 5.32 Å². The van der Waals surface area contributed by atoms with Crippen LogP contribution < -0.4 is 5.32 Å². The molecule has 0 fully saturated rings. The van der Waals surface area contributed by atoms with Gasteiger partial charge in [-0.15, -0.1) is 0 Å². The molecule has 4 heteroatoms. The molecule has 3 nitrogen and oxygen atoms in total. The number of carbonyl (C=O) groups is 1. The zero-order chi connectivity index (χ0) is 15.1. The number of carbonyl (C=O) groups excluding carboxylic acids is 1. The molecule has 0 radical (unpaired) electrons. The molecule has 0 saturated carbocycles. The number of hydrogen-bond donors (Lipinski definition) is 2. The van der Waals surface area contributed by atoms with Crippen LogP contribution in [0.15, 0.2) is 48.5 Å². The van der Waals surface area contributed by atoms with Gasteiger partial charge in [-0.1, -0.05) is 36.4 Å². The monoisotopic (exact) mass is 287 g/mol. The number of benzene rings is 2. The highest BCUT2D eigenvalue weighted by molar-refractivity contribution is 5.76. The molecule has 0 spiro atoms. The number of nitrogens with one attached hydrogen (secondary N) is 1. The predicted molar refractivity (Wildman–Crippen MR) is 78.9 cm³/mol. The molecule has 0 atom stereocenters. The summed E-state index contributed by atoms with van der Waals surface area (Å²) in [7, 11) is 0. The maximum absolute atomic E-state index is 12.8. The fourth-order valence-electron chi connectivity index (χ4n) is 1.96. The Morgan fingerprint density at radius 1 is 0.952 bits per heavy atom. The van der Waals surface area contributed by atoms with Crippen molar-refractivity contribution in [3.05, 3.63) is 71.0 Å². The number of aliphatic hydroxyl groups excluding tert-OH is 1. The first kappa shape index (κ1) is 15.2. The van der Waals surface area contributed by atoms with Crippen molar-refractivity contribution in [3.8, 4) is 0 Å². The molecular formula is C17H18FNO2. The van der Waals surface area contributed by atoms with E-state index in [1.165, 1.54) is 12.1 Å². The molecule has 0 aliphatic heterocycles.